The molecule has 0 amide bonds. The minimum Gasteiger partial charge on any atom is -0.370 e. The van der Waals surface area contributed by atoms with E-state index >= 15 is 0 Å². The van der Waals surface area contributed by atoms with E-state index in [1.807, 2.05) is 18.5 Å². The van der Waals surface area contributed by atoms with Gasteiger partial charge >= 0.3 is 0 Å². The van der Waals surface area contributed by atoms with Crippen molar-refractivity contribution in [2.75, 3.05) is 11.9 Å². The van der Waals surface area contributed by atoms with Gasteiger partial charge in [-0.1, -0.05) is 6.92 Å². The van der Waals surface area contributed by atoms with Crippen LogP contribution in [0.4, 0.5) is 5.82 Å². The number of anilines is 1. The van der Waals surface area contributed by atoms with Crippen LogP contribution in [0.2, 0.25) is 0 Å². The van der Waals surface area contributed by atoms with Gasteiger partial charge in [-0.3, -0.25) is 4.98 Å². The number of aryl methyl sites for hydroxylation is 2. The topological polar surface area (TPSA) is 50.7 Å². The van der Waals surface area contributed by atoms with Gasteiger partial charge in [0, 0.05) is 36.5 Å². The average molecular weight is 270 g/mol. The summed E-state index contributed by atoms with van der Waals surface area (Å²) in [6.07, 6.45) is 5.63. The van der Waals surface area contributed by atoms with E-state index in [0.29, 0.717) is 0 Å². The Balaban J connectivity index is 2.59. The van der Waals surface area contributed by atoms with Crippen molar-refractivity contribution in [2.45, 2.75) is 40.5 Å². The molecule has 4 heteroatoms. The van der Waals surface area contributed by atoms with Gasteiger partial charge in [0.05, 0.1) is 5.69 Å². The molecule has 4 nitrogen and oxygen atoms in total. The number of hydrogen-bond donors (Lipinski definition) is 1. The normalized spacial score (nSPS) is 10.6. The summed E-state index contributed by atoms with van der Waals surface area (Å²) in [5, 5.41) is 3.33. The maximum absolute atomic E-state index is 4.74. The number of nitrogens with one attached hydrogen (secondary N) is 1. The number of hydrogen-bond acceptors (Lipinski definition) is 4. The summed E-state index contributed by atoms with van der Waals surface area (Å²) in [6, 6.07) is 2.02. The number of aromatic nitrogens is 3. The third-order valence-corrected chi connectivity index (χ3v) is 3.30. The van der Waals surface area contributed by atoms with E-state index in [0.717, 1.165) is 47.8 Å². The Bertz CT molecular complexity index is 593. The highest BCUT2D eigenvalue weighted by Gasteiger charge is 2.13. The number of rotatable bonds is 5. The first kappa shape index (κ1) is 14.4. The summed E-state index contributed by atoms with van der Waals surface area (Å²) >= 11 is 0. The molecule has 2 aromatic heterocycles. The Morgan fingerprint density at radius 1 is 1.15 bits per heavy atom. The van der Waals surface area contributed by atoms with Crippen molar-refractivity contribution in [3.63, 3.8) is 0 Å². The van der Waals surface area contributed by atoms with E-state index in [1.165, 1.54) is 5.56 Å². The molecule has 106 valence electrons. The Hall–Kier alpha value is -1.97. The molecule has 0 spiro atoms. The molecule has 0 bridgehead atoms. The smallest absolute Gasteiger partial charge is 0.133 e. The highest BCUT2D eigenvalue weighted by Crippen LogP contribution is 2.27. The Kier molecular flexibility index (Phi) is 4.66. The zero-order chi connectivity index (χ0) is 14.5. The van der Waals surface area contributed by atoms with E-state index in [4.69, 9.17) is 4.98 Å². The molecule has 0 aliphatic carbocycles. The molecule has 0 aliphatic rings. The highest BCUT2D eigenvalue weighted by molar-refractivity contribution is 5.70. The molecule has 0 saturated carbocycles. The van der Waals surface area contributed by atoms with Gasteiger partial charge in [-0.2, -0.15) is 0 Å². The van der Waals surface area contributed by atoms with Crippen molar-refractivity contribution in [2.24, 2.45) is 0 Å². The first-order valence-corrected chi connectivity index (χ1v) is 7.19. The maximum atomic E-state index is 4.74. The largest absolute Gasteiger partial charge is 0.370 e. The van der Waals surface area contributed by atoms with Gasteiger partial charge in [0.1, 0.15) is 11.6 Å². The van der Waals surface area contributed by atoms with Crippen molar-refractivity contribution in [1.29, 1.82) is 0 Å². The van der Waals surface area contributed by atoms with Crippen LogP contribution in [0.5, 0.6) is 0 Å². The van der Waals surface area contributed by atoms with E-state index < -0.39 is 0 Å². The minimum atomic E-state index is 0.856. The van der Waals surface area contributed by atoms with Crippen molar-refractivity contribution in [3.8, 4) is 11.3 Å². The molecule has 2 aromatic rings. The van der Waals surface area contributed by atoms with Crippen LogP contribution in [0.25, 0.3) is 11.3 Å². The minimum absolute atomic E-state index is 0.856. The molecular weight excluding hydrogens is 248 g/mol. The fourth-order valence-corrected chi connectivity index (χ4v) is 2.21. The first-order chi connectivity index (χ1) is 9.67. The molecule has 0 aromatic carbocycles. The molecule has 1 N–H and O–H groups in total. The second kappa shape index (κ2) is 6.46. The lowest BCUT2D eigenvalue weighted by atomic mass is 10.0. The SMILES string of the molecule is CCCc1nc(NCC)c(C)c(-c2cnccc2C)n1. The van der Waals surface area contributed by atoms with Gasteiger partial charge in [-0.15, -0.1) is 0 Å². The predicted octanol–water partition coefficient (Wildman–Crippen LogP) is 3.54. The molecule has 0 saturated heterocycles. The summed E-state index contributed by atoms with van der Waals surface area (Å²) < 4.78 is 0. The molecule has 0 fully saturated rings. The zero-order valence-corrected chi connectivity index (χ0v) is 12.7. The molecule has 0 radical (unpaired) electrons. The van der Waals surface area contributed by atoms with Gasteiger partial charge in [-0.25, -0.2) is 9.97 Å². The summed E-state index contributed by atoms with van der Waals surface area (Å²) in [5.41, 5.74) is 4.35. The summed E-state index contributed by atoms with van der Waals surface area (Å²) in [4.78, 5) is 13.6. The van der Waals surface area contributed by atoms with Crippen LogP contribution >= 0.6 is 0 Å². The van der Waals surface area contributed by atoms with E-state index in [9.17, 15) is 0 Å². The first-order valence-electron chi connectivity index (χ1n) is 7.19. The second-order valence-corrected chi connectivity index (χ2v) is 4.93. The lowest BCUT2D eigenvalue weighted by Crippen LogP contribution is -2.08. The molecular formula is C16H22N4. The number of pyridine rings is 1. The van der Waals surface area contributed by atoms with Crippen LogP contribution in [-0.4, -0.2) is 21.5 Å². The van der Waals surface area contributed by atoms with Gasteiger partial charge < -0.3 is 5.32 Å². The standard InChI is InChI=1S/C16H22N4/c1-5-7-14-19-15(12(4)16(20-14)18-6-2)13-10-17-9-8-11(13)3/h8-10H,5-7H2,1-4H3,(H,18,19,20). The van der Waals surface area contributed by atoms with Crippen molar-refractivity contribution in [3.05, 3.63) is 35.4 Å². The van der Waals surface area contributed by atoms with E-state index in [1.54, 1.807) is 0 Å². The summed E-state index contributed by atoms with van der Waals surface area (Å²) in [6.45, 7) is 9.23. The molecule has 20 heavy (non-hydrogen) atoms. The second-order valence-electron chi connectivity index (χ2n) is 4.93. The van der Waals surface area contributed by atoms with Gasteiger partial charge in [0.15, 0.2) is 0 Å². The van der Waals surface area contributed by atoms with Crippen LogP contribution < -0.4 is 5.32 Å². The lowest BCUT2D eigenvalue weighted by molar-refractivity contribution is 0.832. The summed E-state index contributed by atoms with van der Waals surface area (Å²) in [7, 11) is 0. The molecule has 2 rings (SSSR count). The van der Waals surface area contributed by atoms with Crippen LogP contribution in [0.3, 0.4) is 0 Å². The Morgan fingerprint density at radius 2 is 1.95 bits per heavy atom. The maximum Gasteiger partial charge on any atom is 0.133 e. The zero-order valence-electron chi connectivity index (χ0n) is 12.7. The molecule has 2 heterocycles. The molecule has 0 aliphatic heterocycles. The van der Waals surface area contributed by atoms with Crippen molar-refractivity contribution < 1.29 is 0 Å². The van der Waals surface area contributed by atoms with Crippen LogP contribution in [0.15, 0.2) is 18.5 Å². The van der Waals surface area contributed by atoms with Crippen LogP contribution in [-0.2, 0) is 6.42 Å². The monoisotopic (exact) mass is 270 g/mol. The Labute approximate surface area is 120 Å². The lowest BCUT2D eigenvalue weighted by Gasteiger charge is -2.14. The number of nitrogens with zero attached hydrogens (tertiary/aromatic N) is 3. The quantitative estimate of drug-likeness (QED) is 0.903. The van der Waals surface area contributed by atoms with E-state index in [2.05, 4.69) is 43.0 Å². The fraction of sp³-hybridized carbons (Fsp3) is 0.438. The third kappa shape index (κ3) is 2.95. The van der Waals surface area contributed by atoms with Gasteiger partial charge in [-0.05, 0) is 38.8 Å². The molecule has 0 unspecified atom stereocenters. The van der Waals surface area contributed by atoms with Crippen molar-refractivity contribution >= 4 is 5.82 Å². The van der Waals surface area contributed by atoms with Crippen molar-refractivity contribution in [1.82, 2.24) is 15.0 Å². The van der Waals surface area contributed by atoms with Crippen LogP contribution in [0, 0.1) is 13.8 Å². The molecule has 0 atom stereocenters. The van der Waals surface area contributed by atoms with Gasteiger partial charge in [0.25, 0.3) is 0 Å². The average Bonchev–Trinajstić information content (AvgIpc) is 2.44. The summed E-state index contributed by atoms with van der Waals surface area (Å²) in [5.74, 6) is 1.83. The van der Waals surface area contributed by atoms with Crippen LogP contribution in [0.1, 0.15) is 37.2 Å². The Morgan fingerprint density at radius 3 is 2.60 bits per heavy atom. The fourth-order valence-electron chi connectivity index (χ4n) is 2.21. The van der Waals surface area contributed by atoms with E-state index in [-0.39, 0.29) is 0 Å². The highest BCUT2D eigenvalue weighted by atomic mass is 15.0. The predicted molar refractivity (Wildman–Crippen MR) is 82.9 cm³/mol. The van der Waals surface area contributed by atoms with Gasteiger partial charge in [0.2, 0.25) is 0 Å². The third-order valence-electron chi connectivity index (χ3n) is 3.30.